The van der Waals surface area contributed by atoms with Crippen molar-refractivity contribution < 1.29 is 9.13 Å². The molecule has 3 heteroatoms. The van der Waals surface area contributed by atoms with Crippen molar-refractivity contribution in [3.05, 3.63) is 35.1 Å². The Balaban J connectivity index is 3.16. The Morgan fingerprint density at radius 2 is 2.13 bits per heavy atom. The molecule has 0 saturated carbocycles. The second-order valence-corrected chi connectivity index (χ2v) is 3.90. The molecule has 0 aliphatic rings. The van der Waals surface area contributed by atoms with Gasteiger partial charge in [0.1, 0.15) is 5.82 Å². The lowest BCUT2D eigenvalue weighted by atomic mass is 9.86. The maximum atomic E-state index is 13.2. The van der Waals surface area contributed by atoms with Crippen LogP contribution in [-0.4, -0.2) is 13.7 Å². The van der Waals surface area contributed by atoms with Crippen LogP contribution in [0, 0.1) is 12.7 Å². The molecule has 0 aliphatic carbocycles. The smallest absolute Gasteiger partial charge is 0.123 e. The van der Waals surface area contributed by atoms with Crippen LogP contribution in [0.4, 0.5) is 4.39 Å². The summed E-state index contributed by atoms with van der Waals surface area (Å²) in [5, 5.41) is 0. The van der Waals surface area contributed by atoms with Gasteiger partial charge < -0.3 is 10.5 Å². The van der Waals surface area contributed by atoms with Crippen LogP contribution >= 0.6 is 0 Å². The van der Waals surface area contributed by atoms with E-state index in [1.54, 1.807) is 13.2 Å². The van der Waals surface area contributed by atoms with Gasteiger partial charge in [-0.2, -0.15) is 0 Å². The summed E-state index contributed by atoms with van der Waals surface area (Å²) in [4.78, 5) is 0. The second kappa shape index (κ2) is 4.73. The van der Waals surface area contributed by atoms with Gasteiger partial charge in [-0.1, -0.05) is 13.0 Å². The molecule has 0 aliphatic heterocycles. The third-order valence-corrected chi connectivity index (χ3v) is 2.77. The van der Waals surface area contributed by atoms with E-state index in [1.807, 2.05) is 13.8 Å². The first-order chi connectivity index (χ1) is 7.03. The van der Waals surface area contributed by atoms with Gasteiger partial charge in [0, 0.05) is 7.11 Å². The van der Waals surface area contributed by atoms with Crippen LogP contribution < -0.4 is 5.73 Å². The van der Waals surface area contributed by atoms with Crippen molar-refractivity contribution in [2.75, 3.05) is 13.7 Å². The first-order valence-electron chi connectivity index (χ1n) is 5.08. The standard InChI is InChI=1S/C12H18FNO/c1-4-12(14,8-15-3)11-7-10(13)6-5-9(11)2/h5-7H,4,8,14H2,1-3H3. The van der Waals surface area contributed by atoms with E-state index >= 15 is 0 Å². The minimum Gasteiger partial charge on any atom is -0.382 e. The summed E-state index contributed by atoms with van der Waals surface area (Å²) in [5.74, 6) is -0.255. The van der Waals surface area contributed by atoms with Crippen molar-refractivity contribution in [2.24, 2.45) is 5.73 Å². The van der Waals surface area contributed by atoms with Crippen LogP contribution in [0.25, 0.3) is 0 Å². The molecule has 0 radical (unpaired) electrons. The number of ether oxygens (including phenoxy) is 1. The number of rotatable bonds is 4. The first kappa shape index (κ1) is 12.1. The summed E-state index contributed by atoms with van der Waals surface area (Å²) in [6.07, 6.45) is 0.713. The van der Waals surface area contributed by atoms with Gasteiger partial charge in [0.05, 0.1) is 12.1 Å². The number of methoxy groups -OCH3 is 1. The molecule has 2 N–H and O–H groups in total. The Bertz CT molecular complexity index is 340. The number of benzene rings is 1. The van der Waals surface area contributed by atoms with Crippen LogP contribution in [0.3, 0.4) is 0 Å². The molecule has 0 amide bonds. The van der Waals surface area contributed by atoms with Gasteiger partial charge in [-0.25, -0.2) is 4.39 Å². The Morgan fingerprint density at radius 3 is 2.67 bits per heavy atom. The molecule has 1 unspecified atom stereocenters. The highest BCUT2D eigenvalue weighted by molar-refractivity contribution is 5.33. The Labute approximate surface area is 90.2 Å². The molecular formula is C12H18FNO. The molecule has 0 fully saturated rings. The Morgan fingerprint density at radius 1 is 1.47 bits per heavy atom. The van der Waals surface area contributed by atoms with Crippen LogP contribution in [0.2, 0.25) is 0 Å². The number of halogens is 1. The topological polar surface area (TPSA) is 35.2 Å². The largest absolute Gasteiger partial charge is 0.382 e. The van der Waals surface area contributed by atoms with Gasteiger partial charge in [-0.3, -0.25) is 0 Å². The molecule has 0 saturated heterocycles. The molecule has 0 heterocycles. The Kier molecular flexibility index (Phi) is 3.83. The highest BCUT2D eigenvalue weighted by Crippen LogP contribution is 2.26. The van der Waals surface area contributed by atoms with Crippen LogP contribution in [0.15, 0.2) is 18.2 Å². The van der Waals surface area contributed by atoms with Crippen LogP contribution in [0.5, 0.6) is 0 Å². The highest BCUT2D eigenvalue weighted by Gasteiger charge is 2.27. The Hall–Kier alpha value is -0.930. The first-order valence-corrected chi connectivity index (χ1v) is 5.08. The molecular weight excluding hydrogens is 193 g/mol. The van der Waals surface area contributed by atoms with E-state index in [2.05, 4.69) is 0 Å². The summed E-state index contributed by atoms with van der Waals surface area (Å²) in [7, 11) is 1.60. The molecule has 2 nitrogen and oxygen atoms in total. The zero-order chi connectivity index (χ0) is 11.5. The van der Waals surface area contributed by atoms with Gasteiger partial charge in [0.15, 0.2) is 0 Å². The quantitative estimate of drug-likeness (QED) is 0.829. The molecule has 1 atom stereocenters. The zero-order valence-electron chi connectivity index (χ0n) is 9.51. The van der Waals surface area contributed by atoms with Gasteiger partial charge in [0.25, 0.3) is 0 Å². The van der Waals surface area contributed by atoms with E-state index in [0.29, 0.717) is 13.0 Å². The molecule has 0 aromatic heterocycles. The van der Waals surface area contributed by atoms with E-state index in [4.69, 9.17) is 10.5 Å². The maximum Gasteiger partial charge on any atom is 0.123 e. The van der Waals surface area contributed by atoms with E-state index in [1.165, 1.54) is 12.1 Å². The lowest BCUT2D eigenvalue weighted by Gasteiger charge is -2.29. The van der Waals surface area contributed by atoms with Crippen molar-refractivity contribution in [3.63, 3.8) is 0 Å². The summed E-state index contributed by atoms with van der Waals surface area (Å²) in [6, 6.07) is 4.69. The fourth-order valence-corrected chi connectivity index (χ4v) is 1.76. The lowest BCUT2D eigenvalue weighted by molar-refractivity contribution is 0.128. The van der Waals surface area contributed by atoms with Gasteiger partial charge in [-0.05, 0) is 36.6 Å². The second-order valence-electron chi connectivity index (χ2n) is 3.90. The van der Waals surface area contributed by atoms with E-state index in [0.717, 1.165) is 11.1 Å². The minimum absolute atomic E-state index is 0.255. The molecule has 1 aromatic rings. The molecule has 1 rings (SSSR count). The van der Waals surface area contributed by atoms with Crippen molar-refractivity contribution in [3.8, 4) is 0 Å². The molecule has 1 aromatic carbocycles. The van der Waals surface area contributed by atoms with Crippen LogP contribution in [-0.2, 0) is 10.3 Å². The number of nitrogens with two attached hydrogens (primary N) is 1. The van der Waals surface area contributed by atoms with Gasteiger partial charge in [0.2, 0.25) is 0 Å². The highest BCUT2D eigenvalue weighted by atomic mass is 19.1. The predicted molar refractivity (Wildman–Crippen MR) is 59.2 cm³/mol. The molecule has 84 valence electrons. The van der Waals surface area contributed by atoms with Crippen LogP contribution in [0.1, 0.15) is 24.5 Å². The normalized spacial score (nSPS) is 15.0. The van der Waals surface area contributed by atoms with Crippen molar-refractivity contribution in [1.29, 1.82) is 0 Å². The van der Waals surface area contributed by atoms with E-state index in [-0.39, 0.29) is 5.82 Å². The van der Waals surface area contributed by atoms with Crippen molar-refractivity contribution in [1.82, 2.24) is 0 Å². The summed E-state index contributed by atoms with van der Waals surface area (Å²) >= 11 is 0. The van der Waals surface area contributed by atoms with Gasteiger partial charge in [-0.15, -0.1) is 0 Å². The van der Waals surface area contributed by atoms with Crippen molar-refractivity contribution in [2.45, 2.75) is 25.8 Å². The summed E-state index contributed by atoms with van der Waals surface area (Å²) in [6.45, 7) is 4.30. The van der Waals surface area contributed by atoms with Crippen molar-refractivity contribution >= 4 is 0 Å². The van der Waals surface area contributed by atoms with Gasteiger partial charge >= 0.3 is 0 Å². The third kappa shape index (κ3) is 2.55. The number of aryl methyl sites for hydroxylation is 1. The SMILES string of the molecule is CCC(N)(COC)c1cc(F)ccc1C. The monoisotopic (exact) mass is 211 g/mol. The number of hydrogen-bond donors (Lipinski definition) is 1. The fourth-order valence-electron chi connectivity index (χ4n) is 1.76. The number of hydrogen-bond acceptors (Lipinski definition) is 2. The zero-order valence-corrected chi connectivity index (χ0v) is 9.51. The average Bonchev–Trinajstić information content (AvgIpc) is 2.22. The summed E-state index contributed by atoms with van der Waals surface area (Å²) in [5.41, 5.74) is 7.43. The molecule has 15 heavy (non-hydrogen) atoms. The third-order valence-electron chi connectivity index (χ3n) is 2.77. The average molecular weight is 211 g/mol. The summed E-state index contributed by atoms with van der Waals surface area (Å²) < 4.78 is 18.3. The maximum absolute atomic E-state index is 13.2. The molecule has 0 spiro atoms. The fraction of sp³-hybridized carbons (Fsp3) is 0.500. The predicted octanol–water partition coefficient (Wildman–Crippen LogP) is 2.34. The molecule has 0 bridgehead atoms. The lowest BCUT2D eigenvalue weighted by Crippen LogP contribution is -2.41. The van der Waals surface area contributed by atoms with E-state index in [9.17, 15) is 4.39 Å². The minimum atomic E-state index is -0.596. The van der Waals surface area contributed by atoms with E-state index < -0.39 is 5.54 Å².